The van der Waals surface area contributed by atoms with Crippen molar-refractivity contribution in [2.45, 2.75) is 6.54 Å². The Labute approximate surface area is 146 Å². The van der Waals surface area contributed by atoms with Crippen molar-refractivity contribution < 1.29 is 23.5 Å². The summed E-state index contributed by atoms with van der Waals surface area (Å²) in [4.78, 5) is 34.9. The Hall–Kier alpha value is -2.61. The molecule has 126 valence electrons. The van der Waals surface area contributed by atoms with Crippen LogP contribution in [0.2, 0.25) is 0 Å². The van der Waals surface area contributed by atoms with Gasteiger partial charge < -0.3 is 19.8 Å². The van der Waals surface area contributed by atoms with Gasteiger partial charge >= 0.3 is 5.97 Å². The lowest BCUT2D eigenvalue weighted by molar-refractivity contribution is -0.147. The van der Waals surface area contributed by atoms with Gasteiger partial charge in [-0.1, -0.05) is 22.0 Å². The van der Waals surface area contributed by atoms with Crippen LogP contribution >= 0.6 is 15.9 Å². The third-order valence-corrected chi connectivity index (χ3v) is 3.38. The second kappa shape index (κ2) is 8.88. The minimum absolute atomic E-state index is 0.211. The van der Waals surface area contributed by atoms with E-state index >= 15 is 0 Å². The van der Waals surface area contributed by atoms with Gasteiger partial charge in [-0.05, 0) is 30.3 Å². The van der Waals surface area contributed by atoms with Crippen LogP contribution < -0.4 is 10.6 Å². The third-order valence-electron chi connectivity index (χ3n) is 2.88. The normalized spacial score (nSPS) is 10.0. The first-order valence-electron chi connectivity index (χ1n) is 7.03. The Morgan fingerprint density at radius 2 is 1.96 bits per heavy atom. The highest BCUT2D eigenvalue weighted by molar-refractivity contribution is 9.10. The summed E-state index contributed by atoms with van der Waals surface area (Å²) in [6, 6.07) is 10.2. The zero-order chi connectivity index (χ0) is 17.4. The Bertz CT molecular complexity index is 715. The molecule has 0 unspecified atom stereocenters. The Morgan fingerprint density at radius 1 is 1.12 bits per heavy atom. The number of carbonyl (C=O) groups is 3. The van der Waals surface area contributed by atoms with E-state index in [1.807, 2.05) is 0 Å². The monoisotopic (exact) mass is 394 g/mol. The SMILES string of the molecule is O=C(COC(=O)CNC(=O)c1cccc(Br)c1)NCc1ccco1. The van der Waals surface area contributed by atoms with Gasteiger partial charge in [0.15, 0.2) is 6.61 Å². The van der Waals surface area contributed by atoms with Gasteiger partial charge in [-0.3, -0.25) is 14.4 Å². The zero-order valence-corrected chi connectivity index (χ0v) is 14.2. The summed E-state index contributed by atoms with van der Waals surface area (Å²) in [5.74, 6) is -0.976. The number of hydrogen-bond donors (Lipinski definition) is 2. The van der Waals surface area contributed by atoms with E-state index in [2.05, 4.69) is 26.6 Å². The average molecular weight is 395 g/mol. The van der Waals surface area contributed by atoms with Crippen LogP contribution in [-0.2, 0) is 20.9 Å². The predicted molar refractivity (Wildman–Crippen MR) is 88.0 cm³/mol. The molecule has 8 heteroatoms. The number of hydrogen-bond acceptors (Lipinski definition) is 5. The number of rotatable bonds is 7. The van der Waals surface area contributed by atoms with Gasteiger partial charge in [0.05, 0.1) is 12.8 Å². The molecule has 0 saturated heterocycles. The number of esters is 1. The summed E-state index contributed by atoms with van der Waals surface area (Å²) < 4.78 is 10.6. The van der Waals surface area contributed by atoms with Gasteiger partial charge in [-0.15, -0.1) is 0 Å². The summed E-state index contributed by atoms with van der Waals surface area (Å²) in [5.41, 5.74) is 0.411. The van der Waals surface area contributed by atoms with Crippen molar-refractivity contribution in [3.63, 3.8) is 0 Å². The van der Waals surface area contributed by atoms with Crippen LogP contribution in [0.1, 0.15) is 16.1 Å². The van der Waals surface area contributed by atoms with Crippen LogP contribution in [0.4, 0.5) is 0 Å². The maximum absolute atomic E-state index is 11.8. The van der Waals surface area contributed by atoms with Gasteiger partial charge in [-0.25, -0.2) is 0 Å². The van der Waals surface area contributed by atoms with Crippen molar-refractivity contribution in [3.05, 3.63) is 58.5 Å². The van der Waals surface area contributed by atoms with Gasteiger partial charge in [-0.2, -0.15) is 0 Å². The second-order valence-electron chi connectivity index (χ2n) is 4.71. The fourth-order valence-electron chi connectivity index (χ4n) is 1.73. The number of ether oxygens (including phenoxy) is 1. The molecule has 0 aliphatic carbocycles. The van der Waals surface area contributed by atoms with Crippen LogP contribution in [0.5, 0.6) is 0 Å². The van der Waals surface area contributed by atoms with Crippen molar-refractivity contribution in [2.75, 3.05) is 13.2 Å². The highest BCUT2D eigenvalue weighted by Gasteiger charge is 2.11. The number of halogens is 1. The lowest BCUT2D eigenvalue weighted by atomic mass is 10.2. The molecule has 2 rings (SSSR count). The van der Waals surface area contributed by atoms with E-state index in [1.54, 1.807) is 36.4 Å². The van der Waals surface area contributed by atoms with E-state index in [9.17, 15) is 14.4 Å². The standard InChI is InChI=1S/C16H15BrN2O5/c17-12-4-1-3-11(7-12)16(22)19-9-15(21)24-10-14(20)18-8-13-5-2-6-23-13/h1-7H,8-10H2,(H,18,20)(H,19,22). The third kappa shape index (κ3) is 5.88. The average Bonchev–Trinajstić information content (AvgIpc) is 3.09. The highest BCUT2D eigenvalue weighted by Crippen LogP contribution is 2.11. The minimum Gasteiger partial charge on any atom is -0.467 e. The van der Waals surface area contributed by atoms with Crippen molar-refractivity contribution in [3.8, 4) is 0 Å². The second-order valence-corrected chi connectivity index (χ2v) is 5.63. The summed E-state index contributed by atoms with van der Waals surface area (Å²) >= 11 is 3.26. The highest BCUT2D eigenvalue weighted by atomic mass is 79.9. The molecule has 0 aliphatic rings. The van der Waals surface area contributed by atoms with Crippen molar-refractivity contribution in [1.29, 1.82) is 0 Å². The number of carbonyl (C=O) groups excluding carboxylic acids is 3. The first-order chi connectivity index (χ1) is 11.5. The first kappa shape index (κ1) is 17.7. The molecule has 1 aromatic carbocycles. The molecule has 1 heterocycles. The van der Waals surface area contributed by atoms with Crippen LogP contribution in [0, 0.1) is 0 Å². The smallest absolute Gasteiger partial charge is 0.325 e. The Balaban J connectivity index is 1.65. The summed E-state index contributed by atoms with van der Waals surface area (Å²) in [5, 5.41) is 4.96. The van der Waals surface area contributed by atoms with Crippen LogP contribution in [0.25, 0.3) is 0 Å². The maximum Gasteiger partial charge on any atom is 0.325 e. The number of amides is 2. The van der Waals surface area contributed by atoms with E-state index < -0.39 is 24.4 Å². The molecule has 24 heavy (non-hydrogen) atoms. The fraction of sp³-hybridized carbons (Fsp3) is 0.188. The molecule has 2 amide bonds. The van der Waals surface area contributed by atoms with E-state index in [0.717, 1.165) is 4.47 Å². The molecule has 0 radical (unpaired) electrons. The molecule has 0 atom stereocenters. The fourth-order valence-corrected chi connectivity index (χ4v) is 2.13. The van der Waals surface area contributed by atoms with Crippen LogP contribution in [0.15, 0.2) is 51.6 Å². The molecule has 0 fully saturated rings. The van der Waals surface area contributed by atoms with E-state index in [1.165, 1.54) is 6.26 Å². The van der Waals surface area contributed by atoms with E-state index in [0.29, 0.717) is 11.3 Å². The van der Waals surface area contributed by atoms with E-state index in [4.69, 9.17) is 9.15 Å². The topological polar surface area (TPSA) is 97.6 Å². The quantitative estimate of drug-likeness (QED) is 0.695. The number of benzene rings is 1. The van der Waals surface area contributed by atoms with Gasteiger partial charge in [0, 0.05) is 10.0 Å². The van der Waals surface area contributed by atoms with Crippen molar-refractivity contribution >= 4 is 33.7 Å². The summed E-state index contributed by atoms with van der Waals surface area (Å²) in [6.07, 6.45) is 1.50. The van der Waals surface area contributed by atoms with Gasteiger partial charge in [0.25, 0.3) is 11.8 Å². The molecule has 0 aliphatic heterocycles. The molecule has 0 bridgehead atoms. The Morgan fingerprint density at radius 3 is 2.67 bits per heavy atom. The predicted octanol–water partition coefficient (Wildman–Crippen LogP) is 1.63. The Kier molecular flexibility index (Phi) is 6.56. The molecule has 0 spiro atoms. The minimum atomic E-state index is -0.702. The lowest BCUT2D eigenvalue weighted by Crippen LogP contribution is -2.33. The van der Waals surface area contributed by atoms with Crippen molar-refractivity contribution in [2.24, 2.45) is 0 Å². The van der Waals surface area contributed by atoms with E-state index in [-0.39, 0.29) is 13.1 Å². The molecule has 2 N–H and O–H groups in total. The number of nitrogens with one attached hydrogen (secondary N) is 2. The van der Waals surface area contributed by atoms with Crippen LogP contribution in [0.3, 0.4) is 0 Å². The maximum atomic E-state index is 11.8. The number of furan rings is 1. The molecular weight excluding hydrogens is 380 g/mol. The summed E-state index contributed by atoms with van der Waals surface area (Å²) in [7, 11) is 0. The van der Waals surface area contributed by atoms with Gasteiger partial charge in [0.2, 0.25) is 0 Å². The lowest BCUT2D eigenvalue weighted by Gasteiger charge is -2.07. The molecule has 7 nitrogen and oxygen atoms in total. The van der Waals surface area contributed by atoms with Crippen LogP contribution in [-0.4, -0.2) is 30.9 Å². The molecule has 2 aromatic rings. The zero-order valence-electron chi connectivity index (χ0n) is 12.6. The summed E-state index contributed by atoms with van der Waals surface area (Å²) in [6.45, 7) is -0.536. The molecule has 1 aromatic heterocycles. The largest absolute Gasteiger partial charge is 0.467 e. The van der Waals surface area contributed by atoms with Crippen molar-refractivity contribution in [1.82, 2.24) is 10.6 Å². The first-order valence-corrected chi connectivity index (χ1v) is 7.82. The van der Waals surface area contributed by atoms with Gasteiger partial charge in [0.1, 0.15) is 12.3 Å². The molecular formula is C16H15BrN2O5. The molecule has 0 saturated carbocycles.